The summed E-state index contributed by atoms with van der Waals surface area (Å²) in [7, 11) is 0. The van der Waals surface area contributed by atoms with E-state index in [9.17, 15) is 4.79 Å². The van der Waals surface area contributed by atoms with E-state index in [-0.39, 0.29) is 12.1 Å². The van der Waals surface area contributed by atoms with Crippen LogP contribution in [0.2, 0.25) is 0 Å². The summed E-state index contributed by atoms with van der Waals surface area (Å²) in [5.74, 6) is 0.829. The molecule has 0 N–H and O–H groups in total. The highest BCUT2D eigenvalue weighted by Crippen LogP contribution is 2.26. The molecule has 176 valence electrons. The summed E-state index contributed by atoms with van der Waals surface area (Å²) >= 11 is 0. The Bertz CT molecular complexity index is 749. The topological polar surface area (TPSA) is 35.5 Å². The van der Waals surface area contributed by atoms with Gasteiger partial charge in [-0.05, 0) is 48.6 Å². The lowest BCUT2D eigenvalue weighted by molar-refractivity contribution is -0.148. The lowest BCUT2D eigenvalue weighted by atomic mass is 10.0. The number of carbonyl (C=O) groups excluding carboxylic acids is 1. The van der Waals surface area contributed by atoms with Crippen LogP contribution in [0.1, 0.15) is 103 Å². The molecule has 1 atom stereocenters. The molecule has 2 rings (SSSR count). The zero-order valence-electron chi connectivity index (χ0n) is 20.4. The highest BCUT2D eigenvalue weighted by molar-refractivity contribution is 5.69. The molecule has 0 aliphatic rings. The summed E-state index contributed by atoms with van der Waals surface area (Å²) in [6, 6.07) is 16.6. The Hall–Kier alpha value is -2.29. The number of esters is 1. The van der Waals surface area contributed by atoms with Crippen LogP contribution in [-0.4, -0.2) is 12.6 Å². The van der Waals surface area contributed by atoms with Crippen LogP contribution in [-0.2, 0) is 9.53 Å². The van der Waals surface area contributed by atoms with Gasteiger partial charge in [-0.2, -0.15) is 0 Å². The number of hydrogen-bond acceptors (Lipinski definition) is 3. The second-order valence-corrected chi connectivity index (χ2v) is 8.71. The SMILES string of the molecule is CCCCCCCOc1ccc(-c2ccc(C(C)OC(=O)CCCCCCC)cc2)cc1. The van der Waals surface area contributed by atoms with E-state index in [2.05, 4.69) is 50.2 Å². The predicted octanol–water partition coefficient (Wildman–Crippen LogP) is 8.67. The molecule has 2 aromatic carbocycles. The molecule has 0 saturated carbocycles. The van der Waals surface area contributed by atoms with Gasteiger partial charge in [0.05, 0.1) is 6.61 Å². The maximum Gasteiger partial charge on any atom is 0.306 e. The van der Waals surface area contributed by atoms with Crippen molar-refractivity contribution in [2.75, 3.05) is 6.61 Å². The minimum Gasteiger partial charge on any atom is -0.494 e. The number of carbonyl (C=O) groups is 1. The third-order valence-electron chi connectivity index (χ3n) is 5.88. The Balaban J connectivity index is 1.77. The van der Waals surface area contributed by atoms with Crippen LogP contribution in [0.15, 0.2) is 48.5 Å². The van der Waals surface area contributed by atoms with Gasteiger partial charge in [0, 0.05) is 6.42 Å². The first-order valence-electron chi connectivity index (χ1n) is 12.7. The molecule has 2 aromatic rings. The summed E-state index contributed by atoms with van der Waals surface area (Å²) < 4.78 is 11.5. The summed E-state index contributed by atoms with van der Waals surface area (Å²) in [6.07, 6.45) is 12.2. The van der Waals surface area contributed by atoms with Crippen molar-refractivity contribution in [3.05, 3.63) is 54.1 Å². The molecule has 0 aliphatic heterocycles. The van der Waals surface area contributed by atoms with Crippen LogP contribution in [0.25, 0.3) is 11.1 Å². The Morgan fingerprint density at radius 1 is 0.719 bits per heavy atom. The Kier molecular flexibility index (Phi) is 12.6. The molecule has 32 heavy (non-hydrogen) atoms. The van der Waals surface area contributed by atoms with E-state index in [0.29, 0.717) is 6.42 Å². The van der Waals surface area contributed by atoms with Crippen LogP contribution in [0.3, 0.4) is 0 Å². The predicted molar refractivity (Wildman–Crippen MR) is 134 cm³/mol. The Labute approximate surface area is 195 Å². The van der Waals surface area contributed by atoms with E-state index >= 15 is 0 Å². The van der Waals surface area contributed by atoms with E-state index in [1.165, 1.54) is 44.9 Å². The van der Waals surface area contributed by atoms with E-state index in [1.807, 2.05) is 19.1 Å². The second kappa shape index (κ2) is 15.5. The lowest BCUT2D eigenvalue weighted by Gasteiger charge is -2.14. The maximum absolute atomic E-state index is 12.1. The van der Waals surface area contributed by atoms with E-state index in [4.69, 9.17) is 9.47 Å². The average molecular weight is 439 g/mol. The normalized spacial score (nSPS) is 11.8. The molecular weight excluding hydrogens is 396 g/mol. The van der Waals surface area contributed by atoms with Crippen molar-refractivity contribution in [1.29, 1.82) is 0 Å². The number of benzene rings is 2. The van der Waals surface area contributed by atoms with Crippen molar-refractivity contribution < 1.29 is 14.3 Å². The first-order chi connectivity index (χ1) is 15.6. The van der Waals surface area contributed by atoms with Gasteiger partial charge in [0.1, 0.15) is 11.9 Å². The fraction of sp³-hybridized carbons (Fsp3) is 0.552. The molecular formula is C29H42O3. The van der Waals surface area contributed by atoms with Crippen LogP contribution >= 0.6 is 0 Å². The molecule has 0 heterocycles. The van der Waals surface area contributed by atoms with Gasteiger partial charge in [0.25, 0.3) is 0 Å². The standard InChI is InChI=1S/C29H42O3/c1-4-6-8-10-12-14-29(30)32-24(3)25-15-17-26(18-16-25)27-19-21-28(22-20-27)31-23-13-11-9-7-5-2/h15-22,24H,4-14,23H2,1-3H3. The highest BCUT2D eigenvalue weighted by Gasteiger charge is 2.12. The molecule has 0 spiro atoms. The van der Waals surface area contributed by atoms with Gasteiger partial charge < -0.3 is 9.47 Å². The van der Waals surface area contributed by atoms with Crippen molar-refractivity contribution in [3.63, 3.8) is 0 Å². The molecule has 3 nitrogen and oxygen atoms in total. The quantitative estimate of drug-likeness (QED) is 0.194. The van der Waals surface area contributed by atoms with Crippen LogP contribution < -0.4 is 4.74 Å². The molecule has 0 aromatic heterocycles. The summed E-state index contributed by atoms with van der Waals surface area (Å²) in [6.45, 7) is 7.16. The van der Waals surface area contributed by atoms with Crippen molar-refractivity contribution in [1.82, 2.24) is 0 Å². The zero-order valence-corrected chi connectivity index (χ0v) is 20.4. The minimum atomic E-state index is -0.222. The Morgan fingerprint density at radius 2 is 1.25 bits per heavy atom. The van der Waals surface area contributed by atoms with Gasteiger partial charge in [-0.1, -0.05) is 102 Å². The summed E-state index contributed by atoms with van der Waals surface area (Å²) in [4.78, 5) is 12.1. The Morgan fingerprint density at radius 3 is 1.84 bits per heavy atom. The van der Waals surface area contributed by atoms with Gasteiger partial charge in [-0.15, -0.1) is 0 Å². The number of ether oxygens (including phenoxy) is 2. The molecule has 0 fully saturated rings. The van der Waals surface area contributed by atoms with Crippen molar-refractivity contribution in [2.24, 2.45) is 0 Å². The third kappa shape index (κ3) is 9.89. The minimum absolute atomic E-state index is 0.0981. The fourth-order valence-electron chi connectivity index (χ4n) is 3.78. The first kappa shape index (κ1) is 26.0. The van der Waals surface area contributed by atoms with Gasteiger partial charge in [0.2, 0.25) is 0 Å². The average Bonchev–Trinajstić information content (AvgIpc) is 2.81. The zero-order chi connectivity index (χ0) is 23.0. The molecule has 0 amide bonds. The molecule has 0 aliphatic carbocycles. The largest absolute Gasteiger partial charge is 0.494 e. The smallest absolute Gasteiger partial charge is 0.306 e. The number of unbranched alkanes of at least 4 members (excludes halogenated alkanes) is 8. The number of hydrogen-bond donors (Lipinski definition) is 0. The van der Waals surface area contributed by atoms with E-state index < -0.39 is 0 Å². The maximum atomic E-state index is 12.1. The molecule has 0 bridgehead atoms. The van der Waals surface area contributed by atoms with Crippen LogP contribution in [0.5, 0.6) is 5.75 Å². The molecule has 3 heteroatoms. The molecule has 0 saturated heterocycles. The molecule has 1 unspecified atom stereocenters. The van der Waals surface area contributed by atoms with Gasteiger partial charge in [0.15, 0.2) is 0 Å². The highest BCUT2D eigenvalue weighted by atomic mass is 16.5. The third-order valence-corrected chi connectivity index (χ3v) is 5.88. The van der Waals surface area contributed by atoms with Gasteiger partial charge >= 0.3 is 5.97 Å². The monoisotopic (exact) mass is 438 g/mol. The van der Waals surface area contributed by atoms with Gasteiger partial charge in [-0.25, -0.2) is 0 Å². The first-order valence-corrected chi connectivity index (χ1v) is 12.7. The summed E-state index contributed by atoms with van der Waals surface area (Å²) in [5.41, 5.74) is 3.33. The van der Waals surface area contributed by atoms with Crippen LogP contribution in [0.4, 0.5) is 0 Å². The van der Waals surface area contributed by atoms with E-state index in [0.717, 1.165) is 48.3 Å². The second-order valence-electron chi connectivity index (χ2n) is 8.71. The van der Waals surface area contributed by atoms with Crippen LogP contribution in [0, 0.1) is 0 Å². The van der Waals surface area contributed by atoms with Crippen molar-refractivity contribution in [3.8, 4) is 16.9 Å². The molecule has 0 radical (unpaired) electrons. The van der Waals surface area contributed by atoms with E-state index in [1.54, 1.807) is 0 Å². The number of rotatable bonds is 16. The van der Waals surface area contributed by atoms with Gasteiger partial charge in [-0.3, -0.25) is 4.79 Å². The summed E-state index contributed by atoms with van der Waals surface area (Å²) in [5, 5.41) is 0. The van der Waals surface area contributed by atoms with Crippen molar-refractivity contribution in [2.45, 2.75) is 97.5 Å². The fourth-order valence-corrected chi connectivity index (χ4v) is 3.78. The van der Waals surface area contributed by atoms with Crippen molar-refractivity contribution >= 4 is 5.97 Å². The lowest BCUT2D eigenvalue weighted by Crippen LogP contribution is -2.08.